The molecule has 1 saturated heterocycles. The zero-order valence-electron chi connectivity index (χ0n) is 15.7. The van der Waals surface area contributed by atoms with Gasteiger partial charge in [0.2, 0.25) is 5.91 Å². The summed E-state index contributed by atoms with van der Waals surface area (Å²) in [7, 11) is 0. The summed E-state index contributed by atoms with van der Waals surface area (Å²) >= 11 is 0. The monoisotopic (exact) mass is 367 g/mol. The van der Waals surface area contributed by atoms with E-state index < -0.39 is 0 Å². The number of anilines is 2. The van der Waals surface area contributed by atoms with Gasteiger partial charge in [0.15, 0.2) is 0 Å². The average molecular weight is 367 g/mol. The molecule has 6 heteroatoms. The molecule has 1 fully saturated rings. The van der Waals surface area contributed by atoms with Crippen LogP contribution in [0.4, 0.5) is 11.4 Å². The van der Waals surface area contributed by atoms with Crippen LogP contribution in [0.1, 0.15) is 21.5 Å². The van der Waals surface area contributed by atoms with Crippen molar-refractivity contribution < 1.29 is 14.3 Å². The molecule has 0 atom stereocenters. The number of aryl methyl sites for hydroxylation is 1. The second-order valence-corrected chi connectivity index (χ2v) is 6.72. The third-order valence-electron chi connectivity index (χ3n) is 4.75. The van der Waals surface area contributed by atoms with E-state index in [2.05, 4.69) is 15.5 Å². The van der Waals surface area contributed by atoms with Gasteiger partial charge in [-0.3, -0.25) is 14.5 Å². The minimum absolute atomic E-state index is 0.0518. The minimum atomic E-state index is -0.139. The maximum absolute atomic E-state index is 12.5. The van der Waals surface area contributed by atoms with Crippen LogP contribution in [0, 0.1) is 13.8 Å². The summed E-state index contributed by atoms with van der Waals surface area (Å²) in [4.78, 5) is 26.7. The fraction of sp³-hybridized carbons (Fsp3) is 0.333. The van der Waals surface area contributed by atoms with Gasteiger partial charge in [-0.1, -0.05) is 12.1 Å². The predicted octanol–water partition coefficient (Wildman–Crippen LogP) is 2.83. The van der Waals surface area contributed by atoms with Crippen LogP contribution in [0.3, 0.4) is 0 Å². The molecule has 1 aliphatic heterocycles. The fourth-order valence-electron chi connectivity index (χ4n) is 3.00. The Labute approximate surface area is 159 Å². The Morgan fingerprint density at radius 3 is 2.26 bits per heavy atom. The summed E-state index contributed by atoms with van der Waals surface area (Å²) in [5, 5.41) is 5.78. The average Bonchev–Trinajstić information content (AvgIpc) is 2.66. The lowest BCUT2D eigenvalue weighted by Crippen LogP contribution is -2.41. The Morgan fingerprint density at radius 1 is 0.963 bits per heavy atom. The normalized spacial score (nSPS) is 14.6. The van der Waals surface area contributed by atoms with Crippen molar-refractivity contribution in [3.05, 3.63) is 59.2 Å². The maximum atomic E-state index is 12.5. The van der Waals surface area contributed by atoms with Gasteiger partial charge in [0, 0.05) is 30.0 Å². The summed E-state index contributed by atoms with van der Waals surface area (Å²) in [5.41, 5.74) is 4.12. The molecule has 2 amide bonds. The number of nitrogens with one attached hydrogen (secondary N) is 2. The topological polar surface area (TPSA) is 70.7 Å². The SMILES string of the molecule is Cc1cccc(C(=O)Nc2ccc(NC(=O)CN3CCOCC3)cc2)c1C. The Kier molecular flexibility index (Phi) is 6.21. The van der Waals surface area contributed by atoms with E-state index in [1.165, 1.54) is 0 Å². The number of morpholine rings is 1. The first kappa shape index (κ1) is 19.1. The smallest absolute Gasteiger partial charge is 0.255 e. The maximum Gasteiger partial charge on any atom is 0.255 e. The molecule has 0 saturated carbocycles. The second kappa shape index (κ2) is 8.79. The zero-order chi connectivity index (χ0) is 19.2. The molecule has 0 unspecified atom stereocenters. The van der Waals surface area contributed by atoms with E-state index in [1.54, 1.807) is 24.3 Å². The van der Waals surface area contributed by atoms with E-state index >= 15 is 0 Å². The Morgan fingerprint density at radius 2 is 1.59 bits per heavy atom. The van der Waals surface area contributed by atoms with Crippen LogP contribution in [0.2, 0.25) is 0 Å². The highest BCUT2D eigenvalue weighted by Gasteiger charge is 2.14. The van der Waals surface area contributed by atoms with Gasteiger partial charge in [-0.05, 0) is 55.3 Å². The highest BCUT2D eigenvalue weighted by molar-refractivity contribution is 6.05. The Hall–Kier alpha value is -2.70. The molecule has 0 aromatic heterocycles. The third kappa shape index (κ3) is 5.15. The van der Waals surface area contributed by atoms with E-state index in [-0.39, 0.29) is 11.8 Å². The van der Waals surface area contributed by atoms with Crippen LogP contribution in [0.25, 0.3) is 0 Å². The van der Waals surface area contributed by atoms with Crippen LogP contribution >= 0.6 is 0 Å². The first-order chi connectivity index (χ1) is 13.0. The molecule has 1 aliphatic rings. The highest BCUT2D eigenvalue weighted by Crippen LogP contribution is 2.17. The van der Waals surface area contributed by atoms with Crippen molar-refractivity contribution in [2.24, 2.45) is 0 Å². The van der Waals surface area contributed by atoms with Crippen molar-refractivity contribution >= 4 is 23.2 Å². The van der Waals surface area contributed by atoms with Gasteiger partial charge in [0.25, 0.3) is 5.91 Å². The zero-order valence-corrected chi connectivity index (χ0v) is 15.7. The van der Waals surface area contributed by atoms with Crippen molar-refractivity contribution in [2.45, 2.75) is 13.8 Å². The van der Waals surface area contributed by atoms with Crippen LogP contribution in [-0.2, 0) is 9.53 Å². The minimum Gasteiger partial charge on any atom is -0.379 e. The molecule has 0 spiro atoms. The van der Waals surface area contributed by atoms with Crippen molar-refractivity contribution in [3.63, 3.8) is 0 Å². The third-order valence-corrected chi connectivity index (χ3v) is 4.75. The molecule has 0 radical (unpaired) electrons. The van der Waals surface area contributed by atoms with E-state index in [1.807, 2.05) is 32.0 Å². The number of ether oxygens (including phenoxy) is 1. The second-order valence-electron chi connectivity index (χ2n) is 6.72. The van der Waals surface area contributed by atoms with E-state index in [0.717, 1.165) is 24.2 Å². The molecule has 0 bridgehead atoms. The number of carbonyl (C=O) groups excluding carboxylic acids is 2. The number of carbonyl (C=O) groups is 2. The number of hydrogen-bond acceptors (Lipinski definition) is 4. The molecule has 2 aromatic carbocycles. The molecule has 2 N–H and O–H groups in total. The highest BCUT2D eigenvalue weighted by atomic mass is 16.5. The Balaban J connectivity index is 1.56. The van der Waals surface area contributed by atoms with Crippen LogP contribution in [0.15, 0.2) is 42.5 Å². The van der Waals surface area contributed by atoms with Gasteiger partial charge in [-0.15, -0.1) is 0 Å². The van der Waals surface area contributed by atoms with Crippen LogP contribution in [-0.4, -0.2) is 49.6 Å². The summed E-state index contributed by atoms with van der Waals surface area (Å²) in [6.07, 6.45) is 0. The summed E-state index contributed by atoms with van der Waals surface area (Å²) in [5.74, 6) is -0.190. The standard InChI is InChI=1S/C21H25N3O3/c1-15-4-3-5-19(16(15)2)21(26)23-18-8-6-17(7-9-18)22-20(25)14-24-10-12-27-13-11-24/h3-9H,10-14H2,1-2H3,(H,22,25)(H,23,26). The van der Waals surface area contributed by atoms with Crippen LogP contribution in [0.5, 0.6) is 0 Å². The van der Waals surface area contributed by atoms with E-state index in [9.17, 15) is 9.59 Å². The van der Waals surface area contributed by atoms with E-state index in [0.29, 0.717) is 36.7 Å². The van der Waals surface area contributed by atoms with Gasteiger partial charge in [-0.2, -0.15) is 0 Å². The molecule has 0 aliphatic carbocycles. The molecular weight excluding hydrogens is 342 g/mol. The summed E-state index contributed by atoms with van der Waals surface area (Å²) in [6.45, 7) is 7.17. The number of hydrogen-bond donors (Lipinski definition) is 2. The molecule has 142 valence electrons. The van der Waals surface area contributed by atoms with Crippen LogP contribution < -0.4 is 10.6 Å². The Bertz CT molecular complexity index is 812. The first-order valence-electron chi connectivity index (χ1n) is 9.10. The lowest BCUT2D eigenvalue weighted by Gasteiger charge is -2.25. The summed E-state index contributed by atoms with van der Waals surface area (Å²) in [6, 6.07) is 12.8. The van der Waals surface area contributed by atoms with E-state index in [4.69, 9.17) is 4.74 Å². The molecular formula is C21H25N3O3. The van der Waals surface area contributed by atoms with Gasteiger partial charge >= 0.3 is 0 Å². The van der Waals surface area contributed by atoms with Gasteiger partial charge in [0.05, 0.1) is 19.8 Å². The van der Waals surface area contributed by atoms with Gasteiger partial charge in [0.1, 0.15) is 0 Å². The quantitative estimate of drug-likeness (QED) is 0.853. The molecule has 1 heterocycles. The van der Waals surface area contributed by atoms with Crippen molar-refractivity contribution in [2.75, 3.05) is 43.5 Å². The molecule has 6 nitrogen and oxygen atoms in total. The molecule has 3 rings (SSSR count). The van der Waals surface area contributed by atoms with Gasteiger partial charge in [-0.25, -0.2) is 0 Å². The predicted molar refractivity (Wildman–Crippen MR) is 106 cm³/mol. The fourth-order valence-corrected chi connectivity index (χ4v) is 3.00. The number of amides is 2. The lowest BCUT2D eigenvalue weighted by molar-refractivity contribution is -0.118. The number of benzene rings is 2. The van der Waals surface area contributed by atoms with Gasteiger partial charge < -0.3 is 15.4 Å². The van der Waals surface area contributed by atoms with Crippen molar-refractivity contribution in [1.29, 1.82) is 0 Å². The largest absolute Gasteiger partial charge is 0.379 e. The lowest BCUT2D eigenvalue weighted by atomic mass is 10.0. The first-order valence-corrected chi connectivity index (χ1v) is 9.10. The number of rotatable bonds is 5. The molecule has 27 heavy (non-hydrogen) atoms. The summed E-state index contributed by atoms with van der Waals surface area (Å²) < 4.78 is 5.28. The van der Waals surface area contributed by atoms with Crippen molar-refractivity contribution in [1.82, 2.24) is 4.90 Å². The molecule has 2 aromatic rings. The number of nitrogens with zero attached hydrogens (tertiary/aromatic N) is 1. The van der Waals surface area contributed by atoms with Crippen molar-refractivity contribution in [3.8, 4) is 0 Å².